The highest BCUT2D eigenvalue weighted by molar-refractivity contribution is 9.10. The molecular weight excluding hydrogens is 347 g/mol. The highest BCUT2D eigenvalue weighted by Crippen LogP contribution is 2.14. The number of hydrogen-bond acceptors (Lipinski definition) is 3. The molecule has 104 valence electrons. The Morgan fingerprint density at radius 3 is 2.70 bits per heavy atom. The molecule has 2 rings (SSSR count). The van der Waals surface area contributed by atoms with E-state index in [0.717, 1.165) is 0 Å². The molecule has 0 aliphatic carbocycles. The molecular formula is C13H10BrFN2O2S. The number of carbonyl (C=O) groups excluding carboxylic acids is 1. The minimum Gasteiger partial charge on any atom is -0.444 e. The predicted octanol–water partition coefficient (Wildman–Crippen LogP) is 2.75. The molecule has 0 unspecified atom stereocenters. The van der Waals surface area contributed by atoms with Crippen LogP contribution < -0.4 is 11.1 Å². The van der Waals surface area contributed by atoms with E-state index in [1.807, 2.05) is 0 Å². The van der Waals surface area contributed by atoms with E-state index in [9.17, 15) is 9.18 Å². The van der Waals surface area contributed by atoms with Crippen LogP contribution in [-0.2, 0) is 6.54 Å². The standard InChI is InChI=1S/C13H10BrFN2O2S/c14-11-4-3-10(19-11)13(18)17-6-8-2-1-7(12(16)20)5-9(8)15/h1-5H,6H2,(H2,16,20)(H,17,18). The van der Waals surface area contributed by atoms with Crippen LogP contribution >= 0.6 is 28.1 Å². The van der Waals surface area contributed by atoms with Crippen LogP contribution in [0.25, 0.3) is 0 Å². The van der Waals surface area contributed by atoms with Gasteiger partial charge in [-0.15, -0.1) is 0 Å². The molecule has 0 spiro atoms. The van der Waals surface area contributed by atoms with Crippen molar-refractivity contribution in [3.63, 3.8) is 0 Å². The second kappa shape index (κ2) is 6.15. The van der Waals surface area contributed by atoms with E-state index in [4.69, 9.17) is 22.4 Å². The molecule has 1 aromatic carbocycles. The molecule has 3 N–H and O–H groups in total. The largest absolute Gasteiger partial charge is 0.444 e. The van der Waals surface area contributed by atoms with Gasteiger partial charge < -0.3 is 15.5 Å². The van der Waals surface area contributed by atoms with Gasteiger partial charge in [0.2, 0.25) is 0 Å². The third-order valence-electron chi connectivity index (χ3n) is 2.57. The Labute approximate surface area is 128 Å². The van der Waals surface area contributed by atoms with Gasteiger partial charge >= 0.3 is 0 Å². The fraction of sp³-hybridized carbons (Fsp3) is 0.0769. The number of rotatable bonds is 4. The number of furan rings is 1. The summed E-state index contributed by atoms with van der Waals surface area (Å²) in [4.78, 5) is 11.9. The van der Waals surface area contributed by atoms with Gasteiger partial charge in [-0.05, 0) is 34.1 Å². The summed E-state index contributed by atoms with van der Waals surface area (Å²) in [5, 5.41) is 2.56. The second-order valence-corrected chi connectivity index (χ2v) is 5.18. The third-order valence-corrected chi connectivity index (χ3v) is 3.24. The van der Waals surface area contributed by atoms with E-state index in [1.54, 1.807) is 12.1 Å². The predicted molar refractivity (Wildman–Crippen MR) is 79.9 cm³/mol. The summed E-state index contributed by atoms with van der Waals surface area (Å²) in [7, 11) is 0. The number of amides is 1. The average Bonchev–Trinajstić information content (AvgIpc) is 2.83. The quantitative estimate of drug-likeness (QED) is 0.826. The Morgan fingerprint density at radius 1 is 1.40 bits per heavy atom. The van der Waals surface area contributed by atoms with Crippen molar-refractivity contribution in [2.24, 2.45) is 5.73 Å². The Balaban J connectivity index is 2.04. The monoisotopic (exact) mass is 356 g/mol. The van der Waals surface area contributed by atoms with Crippen molar-refractivity contribution in [1.82, 2.24) is 5.32 Å². The second-order valence-electron chi connectivity index (χ2n) is 3.96. The van der Waals surface area contributed by atoms with Gasteiger partial charge in [0.05, 0.1) is 0 Å². The zero-order chi connectivity index (χ0) is 14.7. The lowest BCUT2D eigenvalue weighted by atomic mass is 10.1. The summed E-state index contributed by atoms with van der Waals surface area (Å²) in [6.07, 6.45) is 0. The summed E-state index contributed by atoms with van der Waals surface area (Å²) in [6, 6.07) is 7.50. The van der Waals surface area contributed by atoms with E-state index in [0.29, 0.717) is 15.8 Å². The molecule has 20 heavy (non-hydrogen) atoms. The van der Waals surface area contributed by atoms with Gasteiger partial charge in [0, 0.05) is 17.7 Å². The van der Waals surface area contributed by atoms with Crippen molar-refractivity contribution in [3.05, 3.63) is 57.7 Å². The van der Waals surface area contributed by atoms with Gasteiger partial charge in [-0.2, -0.15) is 0 Å². The minimum atomic E-state index is -0.476. The topological polar surface area (TPSA) is 68.3 Å². The van der Waals surface area contributed by atoms with Crippen LogP contribution in [0.15, 0.2) is 39.4 Å². The lowest BCUT2D eigenvalue weighted by molar-refractivity contribution is 0.0921. The van der Waals surface area contributed by atoms with E-state index >= 15 is 0 Å². The van der Waals surface area contributed by atoms with Crippen LogP contribution in [0.5, 0.6) is 0 Å². The molecule has 7 heteroatoms. The Bertz CT molecular complexity index is 672. The number of thiocarbonyl (C=S) groups is 1. The van der Waals surface area contributed by atoms with Crippen LogP contribution in [0.3, 0.4) is 0 Å². The molecule has 0 saturated heterocycles. The van der Waals surface area contributed by atoms with Crippen molar-refractivity contribution in [2.75, 3.05) is 0 Å². The van der Waals surface area contributed by atoms with Gasteiger partial charge in [-0.1, -0.05) is 24.4 Å². The molecule has 0 atom stereocenters. The summed E-state index contributed by atoms with van der Waals surface area (Å²) < 4.78 is 19.3. The number of hydrogen-bond donors (Lipinski definition) is 2. The third kappa shape index (κ3) is 3.43. The highest BCUT2D eigenvalue weighted by atomic mass is 79.9. The Hall–Kier alpha value is -1.73. The lowest BCUT2D eigenvalue weighted by Crippen LogP contribution is -2.23. The fourth-order valence-corrected chi connectivity index (χ4v) is 1.98. The van der Waals surface area contributed by atoms with Gasteiger partial charge in [0.1, 0.15) is 10.8 Å². The molecule has 0 aliphatic rings. The number of nitrogens with one attached hydrogen (secondary N) is 1. The zero-order valence-electron chi connectivity index (χ0n) is 10.2. The van der Waals surface area contributed by atoms with Gasteiger partial charge in [-0.25, -0.2) is 4.39 Å². The lowest BCUT2D eigenvalue weighted by Gasteiger charge is -2.06. The van der Waals surface area contributed by atoms with Crippen molar-refractivity contribution in [2.45, 2.75) is 6.54 Å². The van der Waals surface area contributed by atoms with Crippen LogP contribution in [0, 0.1) is 5.82 Å². The van der Waals surface area contributed by atoms with E-state index in [2.05, 4.69) is 21.2 Å². The maximum atomic E-state index is 13.8. The first-order valence-electron chi connectivity index (χ1n) is 5.59. The summed E-state index contributed by atoms with van der Waals surface area (Å²) in [6.45, 7) is 0.0423. The zero-order valence-corrected chi connectivity index (χ0v) is 12.6. The summed E-state index contributed by atoms with van der Waals surface area (Å²) in [5.41, 5.74) is 6.20. The van der Waals surface area contributed by atoms with Crippen LogP contribution in [0.4, 0.5) is 4.39 Å². The highest BCUT2D eigenvalue weighted by Gasteiger charge is 2.11. The molecule has 0 fully saturated rings. The number of carbonyl (C=O) groups is 1. The number of halogens is 2. The average molecular weight is 357 g/mol. The van der Waals surface area contributed by atoms with Crippen molar-refractivity contribution < 1.29 is 13.6 Å². The fourth-order valence-electron chi connectivity index (χ4n) is 1.54. The maximum Gasteiger partial charge on any atom is 0.287 e. The molecule has 4 nitrogen and oxygen atoms in total. The normalized spacial score (nSPS) is 10.3. The molecule has 0 saturated carbocycles. The van der Waals surface area contributed by atoms with Crippen LogP contribution in [0.2, 0.25) is 0 Å². The van der Waals surface area contributed by atoms with Crippen molar-refractivity contribution in [1.29, 1.82) is 0 Å². The maximum absolute atomic E-state index is 13.8. The number of nitrogens with two attached hydrogens (primary N) is 1. The molecule has 0 bridgehead atoms. The number of benzene rings is 1. The van der Waals surface area contributed by atoms with Gasteiger partial charge in [0.15, 0.2) is 10.4 Å². The first-order chi connectivity index (χ1) is 9.47. The van der Waals surface area contributed by atoms with E-state index in [-0.39, 0.29) is 17.3 Å². The van der Waals surface area contributed by atoms with Crippen molar-refractivity contribution in [3.8, 4) is 0 Å². The molecule has 0 radical (unpaired) electrons. The minimum absolute atomic E-state index is 0.0423. The van der Waals surface area contributed by atoms with Crippen LogP contribution in [0.1, 0.15) is 21.7 Å². The van der Waals surface area contributed by atoms with Gasteiger partial charge in [0.25, 0.3) is 5.91 Å². The first kappa shape index (κ1) is 14.7. The Kier molecular flexibility index (Phi) is 4.51. The smallest absolute Gasteiger partial charge is 0.287 e. The van der Waals surface area contributed by atoms with E-state index < -0.39 is 11.7 Å². The molecule has 2 aromatic rings. The SMILES string of the molecule is NC(=S)c1ccc(CNC(=O)c2ccc(Br)o2)c(F)c1. The molecule has 1 amide bonds. The Morgan fingerprint density at radius 2 is 2.15 bits per heavy atom. The molecule has 1 aromatic heterocycles. The van der Waals surface area contributed by atoms with Crippen LogP contribution in [-0.4, -0.2) is 10.9 Å². The van der Waals surface area contributed by atoms with Gasteiger partial charge in [-0.3, -0.25) is 4.79 Å². The summed E-state index contributed by atoms with van der Waals surface area (Å²) in [5.74, 6) is -0.748. The summed E-state index contributed by atoms with van der Waals surface area (Å²) >= 11 is 7.86. The van der Waals surface area contributed by atoms with E-state index in [1.165, 1.54) is 18.2 Å². The molecule has 1 heterocycles. The molecule has 0 aliphatic heterocycles. The van der Waals surface area contributed by atoms with Crippen molar-refractivity contribution >= 4 is 39.0 Å². The first-order valence-corrected chi connectivity index (χ1v) is 6.79.